The highest BCUT2D eigenvalue weighted by molar-refractivity contribution is 8.15. The summed E-state index contributed by atoms with van der Waals surface area (Å²) in [5.74, 6) is 0.746. The maximum atomic E-state index is 12.9. The van der Waals surface area contributed by atoms with E-state index in [0.717, 1.165) is 27.9 Å². The largest absolute Gasteiger partial charge is 0.573 e. The normalized spacial score (nSPS) is 16.1. The zero-order valence-electron chi connectivity index (χ0n) is 25.1. The summed E-state index contributed by atoms with van der Waals surface area (Å²) in [6.45, 7) is 8.27. The summed E-state index contributed by atoms with van der Waals surface area (Å²) < 4.78 is 42.8. The third-order valence-corrected chi connectivity index (χ3v) is 8.24. The number of nitrogens with one attached hydrogen (secondary N) is 1. The molecule has 1 N–H and O–H groups in total. The van der Waals surface area contributed by atoms with Gasteiger partial charge in [-0.3, -0.25) is 15.0 Å². The number of carbonyl (C=O) groups is 1. The molecule has 0 aliphatic carbocycles. The molecule has 0 bridgehead atoms. The fraction of sp³-hybridized carbons (Fsp3) is 0.312. The molecule has 1 saturated heterocycles. The highest BCUT2D eigenvalue weighted by Gasteiger charge is 2.33. The van der Waals surface area contributed by atoms with Crippen LogP contribution in [0.25, 0.3) is 17.1 Å². The number of alkyl halides is 3. The van der Waals surface area contributed by atoms with Crippen LogP contribution < -0.4 is 15.0 Å². The molecule has 45 heavy (non-hydrogen) atoms. The van der Waals surface area contributed by atoms with Crippen molar-refractivity contribution in [2.75, 3.05) is 10.7 Å². The number of aromatic nitrogens is 3. The molecule has 0 saturated carbocycles. The van der Waals surface area contributed by atoms with Crippen molar-refractivity contribution in [1.29, 1.82) is 0 Å². The Balaban J connectivity index is 1.24. The van der Waals surface area contributed by atoms with Crippen LogP contribution in [0.5, 0.6) is 5.75 Å². The predicted octanol–water partition coefficient (Wildman–Crippen LogP) is 7.13. The number of hydrogen-bond donors (Lipinski definition) is 2. The molecule has 4 aromatic rings. The van der Waals surface area contributed by atoms with Crippen molar-refractivity contribution in [2.24, 2.45) is 4.99 Å². The summed E-state index contributed by atoms with van der Waals surface area (Å²) in [6.07, 6.45) is -2.58. The number of nitrogens with zero attached hydrogens (tertiary/aromatic N) is 5. The van der Waals surface area contributed by atoms with Gasteiger partial charge in [0.25, 0.3) is 0 Å². The smallest absolute Gasteiger partial charge is 0.406 e. The molecular formula is C32H33F3N6O2S2. The zero-order valence-corrected chi connectivity index (χ0v) is 26.8. The van der Waals surface area contributed by atoms with E-state index in [1.807, 2.05) is 44.2 Å². The highest BCUT2D eigenvalue weighted by atomic mass is 32.2. The molecule has 5 rings (SSSR count). The topological polar surface area (TPSA) is 84.6 Å². The van der Waals surface area contributed by atoms with Crippen LogP contribution in [0.4, 0.5) is 18.9 Å². The van der Waals surface area contributed by atoms with Gasteiger partial charge in [0.05, 0.1) is 17.1 Å². The van der Waals surface area contributed by atoms with E-state index in [1.165, 1.54) is 47.0 Å². The van der Waals surface area contributed by atoms with Crippen molar-refractivity contribution in [3.63, 3.8) is 0 Å². The standard InChI is InChI=1S/C32H33F3N6O2S2/c1-19(2)26-13-8-20(3)14-27(26)41-28(42)17-45-31(41)38-30(44)37-21(4)15-22-6-5-7-23(16-22)29-36-18-40(39-29)24-9-11-25(12-10-24)43-32(33,34)35/h5-14,16,18-19,21,30,37,44H,15,17H2,1-4H3/b38-31-. The van der Waals surface area contributed by atoms with Gasteiger partial charge in [0, 0.05) is 11.6 Å². The fourth-order valence-corrected chi connectivity index (χ4v) is 6.33. The van der Waals surface area contributed by atoms with Crippen LogP contribution in [0, 0.1) is 6.92 Å². The zero-order chi connectivity index (χ0) is 32.3. The van der Waals surface area contributed by atoms with Crippen LogP contribution in [0.15, 0.2) is 78.0 Å². The number of thioether (sulfide) groups is 1. The molecule has 1 fully saturated rings. The van der Waals surface area contributed by atoms with Crippen LogP contribution in [-0.2, 0) is 11.2 Å². The maximum absolute atomic E-state index is 12.9. The quantitative estimate of drug-likeness (QED) is 0.140. The molecule has 8 nitrogen and oxygen atoms in total. The van der Waals surface area contributed by atoms with Gasteiger partial charge in [0.2, 0.25) is 5.91 Å². The van der Waals surface area contributed by atoms with Crippen LogP contribution >= 0.6 is 24.4 Å². The van der Waals surface area contributed by atoms with Gasteiger partial charge in [0.15, 0.2) is 11.0 Å². The molecule has 13 heteroatoms. The lowest BCUT2D eigenvalue weighted by molar-refractivity contribution is -0.274. The predicted molar refractivity (Wildman–Crippen MR) is 175 cm³/mol. The summed E-state index contributed by atoms with van der Waals surface area (Å²) in [6, 6.07) is 19.4. The number of amides is 1. The summed E-state index contributed by atoms with van der Waals surface area (Å²) in [7, 11) is 0. The minimum atomic E-state index is -4.75. The Bertz CT molecular complexity index is 1690. The van der Waals surface area contributed by atoms with Crippen LogP contribution in [0.3, 0.4) is 0 Å². The molecule has 3 aromatic carbocycles. The second kappa shape index (κ2) is 13.7. The minimum absolute atomic E-state index is 0.000170. The number of benzene rings is 3. The van der Waals surface area contributed by atoms with Gasteiger partial charge in [0.1, 0.15) is 17.6 Å². The Morgan fingerprint density at radius 3 is 2.56 bits per heavy atom. The SMILES string of the molecule is Cc1ccc(C(C)C)c(N2C(=O)CS/C2=N\C(S)NC(C)Cc2cccc(-c3ncn(-c4ccc(OC(F)(F)F)cc4)n3)c2)c1. The second-order valence-electron chi connectivity index (χ2n) is 11.0. The van der Waals surface area contributed by atoms with Crippen molar-refractivity contribution in [3.8, 4) is 22.8 Å². The van der Waals surface area contributed by atoms with Crippen LogP contribution in [0.2, 0.25) is 0 Å². The first-order chi connectivity index (χ1) is 21.4. The van der Waals surface area contributed by atoms with E-state index < -0.39 is 11.9 Å². The number of anilines is 1. The van der Waals surface area contributed by atoms with Gasteiger partial charge >= 0.3 is 6.36 Å². The molecule has 1 aliphatic heterocycles. The highest BCUT2D eigenvalue weighted by Crippen LogP contribution is 2.34. The van der Waals surface area contributed by atoms with E-state index in [4.69, 9.17) is 4.99 Å². The number of ether oxygens (including phenoxy) is 1. The first-order valence-electron chi connectivity index (χ1n) is 14.3. The molecule has 0 spiro atoms. The molecule has 2 atom stereocenters. The number of hydrogen-bond acceptors (Lipinski definition) is 8. The van der Waals surface area contributed by atoms with Gasteiger partial charge in [-0.1, -0.05) is 55.9 Å². The Hall–Kier alpha value is -3.81. The van der Waals surface area contributed by atoms with Crippen molar-refractivity contribution in [3.05, 3.63) is 89.7 Å². The Kier molecular flexibility index (Phi) is 9.90. The Morgan fingerprint density at radius 2 is 1.84 bits per heavy atom. The molecule has 1 aromatic heterocycles. The average molecular weight is 655 g/mol. The monoisotopic (exact) mass is 654 g/mol. The van der Waals surface area contributed by atoms with E-state index >= 15 is 0 Å². The average Bonchev–Trinajstić information content (AvgIpc) is 3.59. The lowest BCUT2D eigenvalue weighted by Gasteiger charge is -2.24. The van der Waals surface area contributed by atoms with Gasteiger partial charge in [-0.05, 0) is 79.3 Å². The lowest BCUT2D eigenvalue weighted by Crippen LogP contribution is -2.36. The van der Waals surface area contributed by atoms with E-state index in [2.05, 4.69) is 58.7 Å². The number of amidine groups is 1. The van der Waals surface area contributed by atoms with Crippen molar-refractivity contribution in [1.82, 2.24) is 20.1 Å². The third kappa shape index (κ3) is 8.27. The summed E-state index contributed by atoms with van der Waals surface area (Å²) in [5.41, 5.74) is 4.89. The summed E-state index contributed by atoms with van der Waals surface area (Å²) in [5, 5.41) is 8.53. The minimum Gasteiger partial charge on any atom is -0.406 e. The lowest BCUT2D eigenvalue weighted by atomic mass is 9.99. The molecule has 1 amide bonds. The van der Waals surface area contributed by atoms with Crippen LogP contribution in [0.1, 0.15) is 43.4 Å². The summed E-state index contributed by atoms with van der Waals surface area (Å²) in [4.78, 5) is 23.8. The molecule has 0 radical (unpaired) electrons. The molecule has 2 heterocycles. The molecule has 1 aliphatic rings. The molecule has 2 unspecified atom stereocenters. The number of halogens is 3. The fourth-order valence-electron chi connectivity index (χ4n) is 5.00. The van der Waals surface area contributed by atoms with Crippen molar-refractivity contribution >= 4 is 41.2 Å². The van der Waals surface area contributed by atoms with Gasteiger partial charge in [-0.25, -0.2) is 14.7 Å². The number of aliphatic imine (C=N–C) groups is 1. The number of thiol groups is 1. The van der Waals surface area contributed by atoms with Crippen molar-refractivity contribution in [2.45, 2.75) is 57.9 Å². The van der Waals surface area contributed by atoms with E-state index in [1.54, 1.807) is 4.90 Å². The second-order valence-corrected chi connectivity index (χ2v) is 12.5. The van der Waals surface area contributed by atoms with E-state index in [9.17, 15) is 18.0 Å². The van der Waals surface area contributed by atoms with Gasteiger partial charge in [-0.2, -0.15) is 0 Å². The van der Waals surface area contributed by atoms with Gasteiger partial charge in [-0.15, -0.1) is 30.9 Å². The first-order valence-corrected chi connectivity index (χ1v) is 15.8. The third-order valence-electron chi connectivity index (χ3n) is 7.03. The van der Waals surface area contributed by atoms with Gasteiger partial charge < -0.3 is 4.74 Å². The van der Waals surface area contributed by atoms with Crippen molar-refractivity contribution < 1.29 is 22.7 Å². The Morgan fingerprint density at radius 1 is 1.09 bits per heavy atom. The number of carbonyl (C=O) groups excluding carboxylic acids is 1. The maximum Gasteiger partial charge on any atom is 0.573 e. The first kappa shape index (κ1) is 32.6. The number of rotatable bonds is 10. The van der Waals surface area contributed by atoms with E-state index in [0.29, 0.717) is 28.9 Å². The van der Waals surface area contributed by atoms with E-state index in [-0.39, 0.29) is 23.6 Å². The number of aryl methyl sites for hydroxylation is 1. The molecule has 236 valence electrons. The summed E-state index contributed by atoms with van der Waals surface area (Å²) >= 11 is 6.10. The molecular weight excluding hydrogens is 622 g/mol. The van der Waals surface area contributed by atoms with Crippen LogP contribution in [-0.4, -0.2) is 49.5 Å². The Labute approximate surface area is 269 Å².